The van der Waals surface area contributed by atoms with Gasteiger partial charge < -0.3 is 0 Å². The van der Waals surface area contributed by atoms with Crippen LogP contribution in [0.15, 0.2) is 48.5 Å². The molecule has 0 spiro atoms. The standard InChI is InChI=1S/C15H8ClFN4/c16-11-3-1-10(2-4-11)15-14(9-18)19-20-21(15)13-7-5-12(17)6-8-13/h1-8H. The Bertz CT molecular complexity index is 816. The summed E-state index contributed by atoms with van der Waals surface area (Å²) in [6.07, 6.45) is 0. The van der Waals surface area contributed by atoms with Gasteiger partial charge in [-0.2, -0.15) is 5.26 Å². The molecule has 0 aliphatic heterocycles. The Morgan fingerprint density at radius 1 is 1.05 bits per heavy atom. The maximum atomic E-state index is 13.0. The van der Waals surface area contributed by atoms with E-state index in [0.717, 1.165) is 5.56 Å². The van der Waals surface area contributed by atoms with E-state index in [-0.39, 0.29) is 11.5 Å². The maximum Gasteiger partial charge on any atom is 0.191 e. The number of hydrogen-bond donors (Lipinski definition) is 0. The van der Waals surface area contributed by atoms with E-state index in [1.807, 2.05) is 6.07 Å². The third-order valence-electron chi connectivity index (χ3n) is 2.97. The average molecular weight is 299 g/mol. The summed E-state index contributed by atoms with van der Waals surface area (Å²) in [5, 5.41) is 17.6. The van der Waals surface area contributed by atoms with Gasteiger partial charge in [-0.1, -0.05) is 28.9 Å². The smallest absolute Gasteiger partial charge is 0.191 e. The molecule has 1 aromatic heterocycles. The number of nitriles is 1. The van der Waals surface area contributed by atoms with Crippen LogP contribution in [0.1, 0.15) is 5.69 Å². The minimum atomic E-state index is -0.340. The van der Waals surface area contributed by atoms with Gasteiger partial charge in [0.15, 0.2) is 5.69 Å². The zero-order valence-electron chi connectivity index (χ0n) is 10.7. The molecule has 0 N–H and O–H groups in total. The van der Waals surface area contributed by atoms with Gasteiger partial charge in [0, 0.05) is 10.6 Å². The van der Waals surface area contributed by atoms with E-state index in [2.05, 4.69) is 10.3 Å². The van der Waals surface area contributed by atoms with Crippen LogP contribution in [0.3, 0.4) is 0 Å². The van der Waals surface area contributed by atoms with Crippen LogP contribution in [-0.4, -0.2) is 15.0 Å². The lowest BCUT2D eigenvalue weighted by molar-refractivity contribution is 0.627. The molecule has 0 amide bonds. The minimum Gasteiger partial charge on any atom is -0.211 e. The topological polar surface area (TPSA) is 54.5 Å². The van der Waals surface area contributed by atoms with Crippen molar-refractivity contribution < 1.29 is 4.39 Å². The molecule has 0 saturated heterocycles. The second kappa shape index (κ2) is 5.35. The lowest BCUT2D eigenvalue weighted by Crippen LogP contribution is -1.99. The summed E-state index contributed by atoms with van der Waals surface area (Å²) in [5.74, 6) is -0.340. The first-order valence-corrected chi connectivity index (χ1v) is 6.44. The lowest BCUT2D eigenvalue weighted by Gasteiger charge is -2.06. The Morgan fingerprint density at radius 2 is 1.71 bits per heavy atom. The van der Waals surface area contributed by atoms with E-state index in [0.29, 0.717) is 16.4 Å². The van der Waals surface area contributed by atoms with E-state index < -0.39 is 0 Å². The highest BCUT2D eigenvalue weighted by Crippen LogP contribution is 2.26. The molecule has 0 aliphatic carbocycles. The zero-order valence-corrected chi connectivity index (χ0v) is 11.4. The van der Waals surface area contributed by atoms with Crippen molar-refractivity contribution in [3.8, 4) is 23.0 Å². The number of hydrogen-bond acceptors (Lipinski definition) is 3. The van der Waals surface area contributed by atoms with E-state index >= 15 is 0 Å². The molecule has 0 unspecified atom stereocenters. The van der Waals surface area contributed by atoms with E-state index in [1.54, 1.807) is 36.4 Å². The highest BCUT2D eigenvalue weighted by atomic mass is 35.5. The molecule has 21 heavy (non-hydrogen) atoms. The molecule has 3 aromatic rings. The Kier molecular flexibility index (Phi) is 3.38. The van der Waals surface area contributed by atoms with Crippen LogP contribution in [0.5, 0.6) is 0 Å². The van der Waals surface area contributed by atoms with Gasteiger partial charge in [0.2, 0.25) is 0 Å². The van der Waals surface area contributed by atoms with Crippen molar-refractivity contribution in [3.05, 3.63) is 65.1 Å². The average Bonchev–Trinajstić information content (AvgIpc) is 2.93. The molecule has 102 valence electrons. The van der Waals surface area contributed by atoms with Gasteiger partial charge in [0.25, 0.3) is 0 Å². The van der Waals surface area contributed by atoms with Gasteiger partial charge in [-0.3, -0.25) is 0 Å². The molecule has 0 fully saturated rings. The summed E-state index contributed by atoms with van der Waals surface area (Å²) in [5.41, 5.74) is 2.11. The van der Waals surface area contributed by atoms with Crippen LogP contribution in [0.2, 0.25) is 5.02 Å². The molecule has 3 rings (SSSR count). The summed E-state index contributed by atoms with van der Waals surface area (Å²) >= 11 is 5.88. The predicted octanol–water partition coefficient (Wildman–Crippen LogP) is 3.60. The molecule has 6 heteroatoms. The van der Waals surface area contributed by atoms with Gasteiger partial charge in [-0.15, -0.1) is 5.10 Å². The number of benzene rings is 2. The van der Waals surface area contributed by atoms with Gasteiger partial charge in [-0.05, 0) is 36.4 Å². The van der Waals surface area contributed by atoms with Crippen molar-refractivity contribution in [2.24, 2.45) is 0 Å². The first-order valence-electron chi connectivity index (χ1n) is 6.07. The number of halogens is 2. The van der Waals surface area contributed by atoms with Crippen LogP contribution in [0, 0.1) is 17.1 Å². The van der Waals surface area contributed by atoms with Crippen LogP contribution in [-0.2, 0) is 0 Å². The van der Waals surface area contributed by atoms with Crippen LogP contribution in [0.25, 0.3) is 16.9 Å². The molecule has 2 aromatic carbocycles. The second-order valence-electron chi connectivity index (χ2n) is 4.29. The largest absolute Gasteiger partial charge is 0.211 e. The van der Waals surface area contributed by atoms with Crippen molar-refractivity contribution >= 4 is 11.6 Å². The van der Waals surface area contributed by atoms with Crippen LogP contribution >= 0.6 is 11.6 Å². The fraction of sp³-hybridized carbons (Fsp3) is 0. The number of nitrogens with zero attached hydrogens (tertiary/aromatic N) is 4. The zero-order chi connectivity index (χ0) is 14.8. The van der Waals surface area contributed by atoms with Crippen molar-refractivity contribution in [1.29, 1.82) is 5.26 Å². The van der Waals surface area contributed by atoms with Gasteiger partial charge in [-0.25, -0.2) is 9.07 Å². The Labute approximate surface area is 125 Å². The molecule has 4 nitrogen and oxygen atoms in total. The summed E-state index contributed by atoms with van der Waals surface area (Å²) in [4.78, 5) is 0. The van der Waals surface area contributed by atoms with E-state index in [9.17, 15) is 9.65 Å². The lowest BCUT2D eigenvalue weighted by atomic mass is 10.1. The number of aromatic nitrogens is 3. The molecule has 0 bridgehead atoms. The summed E-state index contributed by atoms with van der Waals surface area (Å²) in [6.45, 7) is 0. The molecule has 0 aliphatic rings. The quantitative estimate of drug-likeness (QED) is 0.726. The van der Waals surface area contributed by atoms with E-state index in [1.165, 1.54) is 16.8 Å². The third-order valence-corrected chi connectivity index (χ3v) is 3.22. The first kappa shape index (κ1) is 13.3. The molecule has 0 saturated carbocycles. The highest BCUT2D eigenvalue weighted by molar-refractivity contribution is 6.30. The molecule has 1 heterocycles. The fourth-order valence-electron chi connectivity index (χ4n) is 1.99. The van der Waals surface area contributed by atoms with E-state index in [4.69, 9.17) is 11.6 Å². The summed E-state index contributed by atoms with van der Waals surface area (Å²) < 4.78 is 14.5. The molecule has 0 atom stereocenters. The minimum absolute atomic E-state index is 0.196. The Morgan fingerprint density at radius 3 is 2.33 bits per heavy atom. The third kappa shape index (κ3) is 2.49. The summed E-state index contributed by atoms with van der Waals surface area (Å²) in [7, 11) is 0. The Balaban J connectivity index is 2.19. The monoisotopic (exact) mass is 298 g/mol. The first-order chi connectivity index (χ1) is 10.2. The maximum absolute atomic E-state index is 13.0. The van der Waals surface area contributed by atoms with Gasteiger partial charge in [0.05, 0.1) is 5.69 Å². The molecule has 0 radical (unpaired) electrons. The van der Waals surface area contributed by atoms with Crippen molar-refractivity contribution in [1.82, 2.24) is 15.0 Å². The Hall–Kier alpha value is -2.71. The normalized spacial score (nSPS) is 10.3. The predicted molar refractivity (Wildman–Crippen MR) is 76.5 cm³/mol. The summed E-state index contributed by atoms with van der Waals surface area (Å²) in [6, 6.07) is 14.8. The number of rotatable bonds is 2. The SMILES string of the molecule is N#Cc1nnn(-c2ccc(F)cc2)c1-c1ccc(Cl)cc1. The second-order valence-corrected chi connectivity index (χ2v) is 4.73. The van der Waals surface area contributed by atoms with Gasteiger partial charge >= 0.3 is 0 Å². The van der Waals surface area contributed by atoms with Crippen LogP contribution < -0.4 is 0 Å². The van der Waals surface area contributed by atoms with Crippen molar-refractivity contribution in [2.75, 3.05) is 0 Å². The fourth-order valence-corrected chi connectivity index (χ4v) is 2.11. The van der Waals surface area contributed by atoms with Crippen molar-refractivity contribution in [3.63, 3.8) is 0 Å². The molecular formula is C15H8ClFN4. The molecular weight excluding hydrogens is 291 g/mol. The van der Waals surface area contributed by atoms with Crippen LogP contribution in [0.4, 0.5) is 4.39 Å². The van der Waals surface area contributed by atoms with Gasteiger partial charge in [0.1, 0.15) is 17.6 Å². The van der Waals surface area contributed by atoms with Crippen molar-refractivity contribution in [2.45, 2.75) is 0 Å². The highest BCUT2D eigenvalue weighted by Gasteiger charge is 2.16.